The molecule has 0 saturated carbocycles. The Morgan fingerprint density at radius 3 is 3.04 bits per heavy atom. The Hall–Kier alpha value is -1.44. The predicted molar refractivity (Wildman–Crippen MR) is 85.6 cm³/mol. The van der Waals surface area contributed by atoms with Gasteiger partial charge in [-0.2, -0.15) is 5.10 Å². The summed E-state index contributed by atoms with van der Waals surface area (Å²) in [7, 11) is 1.74. The first-order chi connectivity index (χ1) is 11.3. The van der Waals surface area contributed by atoms with Crippen LogP contribution in [0.25, 0.3) is 0 Å². The molecule has 2 saturated heterocycles. The number of rotatable bonds is 5. The number of likely N-dealkylation sites (tertiary alicyclic amines) is 1. The molecule has 2 aliphatic rings. The Labute approximate surface area is 136 Å². The maximum Gasteiger partial charge on any atom is 0.274 e. The highest BCUT2D eigenvalue weighted by Gasteiger charge is 2.25. The molecule has 1 amide bonds. The van der Waals surface area contributed by atoms with E-state index in [1.807, 2.05) is 11.0 Å². The standard InChI is InChI=1S/C16H26N4O3/c1-22-8-5-19-4-2-3-13(12-19)14-11-15(18-17-14)16(21)20-6-9-23-10-7-20/h11,13H,2-10,12H2,1H3,(H,17,18)/t13-/m0/s1. The number of aromatic amines is 1. The van der Waals surface area contributed by atoms with E-state index >= 15 is 0 Å². The first-order valence-electron chi connectivity index (χ1n) is 8.41. The number of nitrogens with zero attached hydrogens (tertiary/aromatic N) is 3. The normalized spacial score (nSPS) is 23.2. The highest BCUT2D eigenvalue weighted by Crippen LogP contribution is 2.26. The third-order valence-corrected chi connectivity index (χ3v) is 4.67. The van der Waals surface area contributed by atoms with E-state index in [2.05, 4.69) is 15.1 Å². The first kappa shape index (κ1) is 16.4. The van der Waals surface area contributed by atoms with Crippen molar-refractivity contribution in [3.63, 3.8) is 0 Å². The number of hydrogen-bond donors (Lipinski definition) is 1. The summed E-state index contributed by atoms with van der Waals surface area (Å²) < 4.78 is 10.5. The van der Waals surface area contributed by atoms with Crippen LogP contribution in [0.1, 0.15) is 34.9 Å². The fraction of sp³-hybridized carbons (Fsp3) is 0.750. The maximum absolute atomic E-state index is 12.5. The number of amides is 1. The van der Waals surface area contributed by atoms with Crippen LogP contribution in [0.5, 0.6) is 0 Å². The van der Waals surface area contributed by atoms with E-state index in [1.54, 1.807) is 7.11 Å². The van der Waals surface area contributed by atoms with E-state index < -0.39 is 0 Å². The van der Waals surface area contributed by atoms with Gasteiger partial charge in [-0.05, 0) is 25.5 Å². The van der Waals surface area contributed by atoms with E-state index in [-0.39, 0.29) is 5.91 Å². The number of ether oxygens (including phenoxy) is 2. The molecule has 2 fully saturated rings. The van der Waals surface area contributed by atoms with Crippen molar-refractivity contribution in [3.8, 4) is 0 Å². The van der Waals surface area contributed by atoms with E-state index in [9.17, 15) is 4.79 Å². The van der Waals surface area contributed by atoms with Crippen molar-refractivity contribution in [3.05, 3.63) is 17.5 Å². The van der Waals surface area contributed by atoms with Crippen molar-refractivity contribution in [2.75, 3.05) is 59.7 Å². The number of carbonyl (C=O) groups excluding carboxylic acids is 1. The van der Waals surface area contributed by atoms with Gasteiger partial charge in [0.25, 0.3) is 5.91 Å². The second-order valence-corrected chi connectivity index (χ2v) is 6.25. The lowest BCUT2D eigenvalue weighted by molar-refractivity contribution is 0.0299. The molecule has 3 rings (SSSR count). The van der Waals surface area contributed by atoms with Gasteiger partial charge in [0.05, 0.1) is 19.8 Å². The van der Waals surface area contributed by atoms with Gasteiger partial charge in [-0.15, -0.1) is 0 Å². The summed E-state index contributed by atoms with van der Waals surface area (Å²) in [5.74, 6) is 0.419. The fourth-order valence-corrected chi connectivity index (χ4v) is 3.32. The molecule has 1 aromatic rings. The van der Waals surface area contributed by atoms with Crippen molar-refractivity contribution in [2.45, 2.75) is 18.8 Å². The highest BCUT2D eigenvalue weighted by atomic mass is 16.5. The average Bonchev–Trinajstić information content (AvgIpc) is 3.10. The molecular formula is C16H26N4O3. The summed E-state index contributed by atoms with van der Waals surface area (Å²) in [6.07, 6.45) is 2.30. The minimum Gasteiger partial charge on any atom is -0.383 e. The van der Waals surface area contributed by atoms with Crippen LogP contribution in [0.2, 0.25) is 0 Å². The Bertz CT molecular complexity index is 513. The highest BCUT2D eigenvalue weighted by molar-refractivity contribution is 5.92. The Kier molecular flexibility index (Phi) is 5.64. The SMILES string of the molecule is COCCN1CCC[C@H](c2cc(C(=O)N3CCOCC3)n[nH]2)C1. The number of aromatic nitrogens is 2. The number of carbonyl (C=O) groups is 1. The second kappa shape index (κ2) is 7.90. The van der Waals surface area contributed by atoms with E-state index in [0.29, 0.717) is 37.9 Å². The Morgan fingerprint density at radius 1 is 1.43 bits per heavy atom. The van der Waals surface area contributed by atoms with Crippen molar-refractivity contribution >= 4 is 5.91 Å². The van der Waals surface area contributed by atoms with Crippen LogP contribution in [-0.4, -0.2) is 85.6 Å². The second-order valence-electron chi connectivity index (χ2n) is 6.25. The molecule has 7 nitrogen and oxygen atoms in total. The van der Waals surface area contributed by atoms with Crippen molar-refractivity contribution in [1.82, 2.24) is 20.0 Å². The largest absolute Gasteiger partial charge is 0.383 e. The monoisotopic (exact) mass is 322 g/mol. The molecule has 1 atom stereocenters. The quantitative estimate of drug-likeness (QED) is 0.864. The van der Waals surface area contributed by atoms with E-state index in [0.717, 1.165) is 38.4 Å². The molecule has 0 unspecified atom stereocenters. The van der Waals surface area contributed by atoms with Crippen LogP contribution in [0.15, 0.2) is 6.07 Å². The average molecular weight is 322 g/mol. The Morgan fingerprint density at radius 2 is 2.26 bits per heavy atom. The van der Waals surface area contributed by atoms with Crippen molar-refractivity contribution in [1.29, 1.82) is 0 Å². The summed E-state index contributed by atoms with van der Waals surface area (Å²) in [5.41, 5.74) is 1.60. The van der Waals surface area contributed by atoms with Gasteiger partial charge < -0.3 is 19.3 Å². The smallest absolute Gasteiger partial charge is 0.274 e. The maximum atomic E-state index is 12.5. The third kappa shape index (κ3) is 4.10. The predicted octanol–water partition coefficient (Wildman–Crippen LogP) is 0.708. The van der Waals surface area contributed by atoms with Gasteiger partial charge in [-0.3, -0.25) is 9.89 Å². The summed E-state index contributed by atoms with van der Waals surface area (Å²) >= 11 is 0. The van der Waals surface area contributed by atoms with Crippen LogP contribution < -0.4 is 0 Å². The molecule has 23 heavy (non-hydrogen) atoms. The lowest BCUT2D eigenvalue weighted by atomic mass is 9.94. The molecule has 1 N–H and O–H groups in total. The molecule has 0 bridgehead atoms. The number of hydrogen-bond acceptors (Lipinski definition) is 5. The molecule has 0 radical (unpaired) electrons. The number of H-pyrrole nitrogens is 1. The molecule has 0 aromatic carbocycles. The lowest BCUT2D eigenvalue weighted by Crippen LogP contribution is -2.40. The third-order valence-electron chi connectivity index (χ3n) is 4.67. The number of nitrogens with one attached hydrogen (secondary N) is 1. The number of methoxy groups -OCH3 is 1. The van der Waals surface area contributed by atoms with Crippen LogP contribution in [0.3, 0.4) is 0 Å². The van der Waals surface area contributed by atoms with Crippen LogP contribution >= 0.6 is 0 Å². The summed E-state index contributed by atoms with van der Waals surface area (Å²) in [4.78, 5) is 16.7. The molecule has 0 spiro atoms. The van der Waals surface area contributed by atoms with Gasteiger partial charge in [-0.1, -0.05) is 0 Å². The van der Waals surface area contributed by atoms with Crippen molar-refractivity contribution < 1.29 is 14.3 Å². The molecule has 128 valence electrons. The van der Waals surface area contributed by atoms with Gasteiger partial charge in [-0.25, -0.2) is 0 Å². The zero-order chi connectivity index (χ0) is 16.1. The van der Waals surface area contributed by atoms with E-state index in [1.165, 1.54) is 6.42 Å². The van der Waals surface area contributed by atoms with Crippen molar-refractivity contribution in [2.24, 2.45) is 0 Å². The zero-order valence-electron chi connectivity index (χ0n) is 13.8. The number of piperidine rings is 1. The van der Waals surface area contributed by atoms with E-state index in [4.69, 9.17) is 9.47 Å². The Balaban J connectivity index is 1.60. The van der Waals surface area contributed by atoms with Gasteiger partial charge in [0.2, 0.25) is 0 Å². The zero-order valence-corrected chi connectivity index (χ0v) is 13.8. The van der Waals surface area contributed by atoms with Gasteiger partial charge in [0, 0.05) is 44.9 Å². The van der Waals surface area contributed by atoms with Crippen LogP contribution in [0, 0.1) is 0 Å². The number of morpholine rings is 1. The molecule has 0 aliphatic carbocycles. The summed E-state index contributed by atoms with van der Waals surface area (Å²) in [6.45, 7) is 6.35. The van der Waals surface area contributed by atoms with Crippen LogP contribution in [-0.2, 0) is 9.47 Å². The minimum atomic E-state index is 0.00264. The molecule has 2 aliphatic heterocycles. The topological polar surface area (TPSA) is 70.7 Å². The minimum absolute atomic E-state index is 0.00264. The van der Waals surface area contributed by atoms with Gasteiger partial charge in [0.15, 0.2) is 0 Å². The summed E-state index contributed by atoms with van der Waals surface area (Å²) in [6, 6.07) is 1.93. The van der Waals surface area contributed by atoms with Gasteiger partial charge >= 0.3 is 0 Å². The lowest BCUT2D eigenvalue weighted by Gasteiger charge is -2.31. The molecule has 1 aromatic heterocycles. The molecular weight excluding hydrogens is 296 g/mol. The molecule has 3 heterocycles. The fourth-order valence-electron chi connectivity index (χ4n) is 3.32. The van der Waals surface area contributed by atoms with Crippen LogP contribution in [0.4, 0.5) is 0 Å². The first-order valence-corrected chi connectivity index (χ1v) is 8.41. The van der Waals surface area contributed by atoms with Gasteiger partial charge in [0.1, 0.15) is 5.69 Å². The molecule has 7 heteroatoms. The summed E-state index contributed by atoms with van der Waals surface area (Å²) in [5, 5.41) is 7.34.